The van der Waals surface area contributed by atoms with Crippen molar-refractivity contribution in [3.8, 4) is 0 Å². The Morgan fingerprint density at radius 1 is 1.35 bits per heavy atom. The summed E-state index contributed by atoms with van der Waals surface area (Å²) < 4.78 is 10.8. The average Bonchev–Trinajstić information content (AvgIpc) is 2.88. The quantitative estimate of drug-likeness (QED) is 0.848. The molecule has 1 aliphatic rings. The number of morpholine rings is 1. The zero-order chi connectivity index (χ0) is 13.9. The molecule has 6 heteroatoms. The summed E-state index contributed by atoms with van der Waals surface area (Å²) in [5.41, 5.74) is 2.21. The number of nitrogens with zero attached hydrogens (tertiary/aromatic N) is 4. The van der Waals surface area contributed by atoms with Crippen LogP contribution in [-0.4, -0.2) is 39.8 Å². The van der Waals surface area contributed by atoms with E-state index in [4.69, 9.17) is 9.26 Å². The van der Waals surface area contributed by atoms with Crippen molar-refractivity contribution in [3.63, 3.8) is 0 Å². The molecule has 0 aromatic carbocycles. The fourth-order valence-electron chi connectivity index (χ4n) is 2.30. The van der Waals surface area contributed by atoms with Gasteiger partial charge in [-0.05, 0) is 25.5 Å². The number of aryl methyl sites for hydroxylation is 2. The van der Waals surface area contributed by atoms with Gasteiger partial charge in [0.15, 0.2) is 5.82 Å². The molecule has 0 spiro atoms. The van der Waals surface area contributed by atoms with Crippen LogP contribution in [0.1, 0.15) is 29.0 Å². The molecule has 3 heterocycles. The molecule has 20 heavy (non-hydrogen) atoms. The molecule has 106 valence electrons. The van der Waals surface area contributed by atoms with Gasteiger partial charge < -0.3 is 9.26 Å². The smallest absolute Gasteiger partial charge is 0.246 e. The molecular formula is C14H18N4O2. The van der Waals surface area contributed by atoms with Crippen LogP contribution in [0, 0.1) is 13.8 Å². The fourth-order valence-corrected chi connectivity index (χ4v) is 2.30. The van der Waals surface area contributed by atoms with Crippen molar-refractivity contribution >= 4 is 0 Å². The van der Waals surface area contributed by atoms with Crippen LogP contribution in [0.3, 0.4) is 0 Å². The van der Waals surface area contributed by atoms with Crippen LogP contribution in [0.4, 0.5) is 0 Å². The van der Waals surface area contributed by atoms with Gasteiger partial charge in [-0.3, -0.25) is 9.88 Å². The lowest BCUT2D eigenvalue weighted by Crippen LogP contribution is -2.39. The summed E-state index contributed by atoms with van der Waals surface area (Å²) in [6, 6.07) is 4.14. The lowest BCUT2D eigenvalue weighted by Gasteiger charge is -2.32. The van der Waals surface area contributed by atoms with E-state index in [9.17, 15) is 0 Å². The van der Waals surface area contributed by atoms with Gasteiger partial charge in [-0.15, -0.1) is 0 Å². The van der Waals surface area contributed by atoms with Crippen molar-refractivity contribution in [1.82, 2.24) is 20.0 Å². The normalized spacial score (nSPS) is 20.2. The monoisotopic (exact) mass is 274 g/mol. The Bertz CT molecular complexity index is 567. The van der Waals surface area contributed by atoms with Gasteiger partial charge in [-0.1, -0.05) is 11.2 Å². The number of rotatable bonds is 3. The van der Waals surface area contributed by atoms with E-state index in [1.54, 1.807) is 0 Å². The van der Waals surface area contributed by atoms with Crippen LogP contribution in [0.15, 0.2) is 22.9 Å². The molecule has 0 N–H and O–H groups in total. The van der Waals surface area contributed by atoms with Gasteiger partial charge in [0.1, 0.15) is 6.04 Å². The average molecular weight is 274 g/mol. The maximum Gasteiger partial charge on any atom is 0.246 e. The molecular weight excluding hydrogens is 256 g/mol. The molecule has 0 radical (unpaired) electrons. The number of hydrogen-bond donors (Lipinski definition) is 0. The van der Waals surface area contributed by atoms with Gasteiger partial charge in [0.2, 0.25) is 5.89 Å². The van der Waals surface area contributed by atoms with Gasteiger partial charge in [0, 0.05) is 19.3 Å². The minimum Gasteiger partial charge on any atom is -0.378 e. The highest BCUT2D eigenvalue weighted by Crippen LogP contribution is 2.24. The van der Waals surface area contributed by atoms with Crippen molar-refractivity contribution in [2.75, 3.05) is 19.8 Å². The highest BCUT2D eigenvalue weighted by atomic mass is 16.5. The third-order valence-corrected chi connectivity index (χ3v) is 3.41. The lowest BCUT2D eigenvalue weighted by atomic mass is 10.2. The first-order chi connectivity index (χ1) is 9.72. The standard InChI is InChI=1S/C14H18N4O2/c1-10-3-4-12(15-7-10)8-18-5-6-19-9-13(18)14-16-11(2)17-20-14/h3-4,7,13H,5-6,8-9H2,1-2H3/t13-/m0/s1. The first-order valence-electron chi connectivity index (χ1n) is 6.76. The molecule has 2 aromatic heterocycles. The number of hydrogen-bond acceptors (Lipinski definition) is 6. The highest BCUT2D eigenvalue weighted by molar-refractivity contribution is 5.12. The minimum absolute atomic E-state index is 0.00746. The number of ether oxygens (including phenoxy) is 1. The summed E-state index contributed by atoms with van der Waals surface area (Å²) in [5.74, 6) is 1.27. The van der Waals surface area contributed by atoms with Crippen molar-refractivity contribution in [3.05, 3.63) is 41.3 Å². The first-order valence-corrected chi connectivity index (χ1v) is 6.76. The summed E-state index contributed by atoms with van der Waals surface area (Å²) in [4.78, 5) is 11.0. The molecule has 0 bridgehead atoms. The Labute approximate surface area is 117 Å². The van der Waals surface area contributed by atoms with Crippen molar-refractivity contribution in [2.45, 2.75) is 26.4 Å². The number of aromatic nitrogens is 3. The Morgan fingerprint density at radius 2 is 2.25 bits per heavy atom. The highest BCUT2D eigenvalue weighted by Gasteiger charge is 2.29. The van der Waals surface area contributed by atoms with Crippen molar-refractivity contribution in [2.24, 2.45) is 0 Å². The zero-order valence-electron chi connectivity index (χ0n) is 11.7. The summed E-state index contributed by atoms with van der Waals surface area (Å²) in [6.07, 6.45) is 1.89. The van der Waals surface area contributed by atoms with Gasteiger partial charge in [0.05, 0.1) is 18.9 Å². The molecule has 1 saturated heterocycles. The van der Waals surface area contributed by atoms with Crippen LogP contribution in [0.2, 0.25) is 0 Å². The van der Waals surface area contributed by atoms with Crippen molar-refractivity contribution < 1.29 is 9.26 Å². The summed E-state index contributed by atoms with van der Waals surface area (Å²) >= 11 is 0. The molecule has 1 fully saturated rings. The van der Waals surface area contributed by atoms with Crippen LogP contribution >= 0.6 is 0 Å². The first kappa shape index (κ1) is 13.2. The Morgan fingerprint density at radius 3 is 2.95 bits per heavy atom. The van der Waals surface area contributed by atoms with E-state index in [1.807, 2.05) is 20.0 Å². The second-order valence-electron chi connectivity index (χ2n) is 5.07. The molecule has 6 nitrogen and oxygen atoms in total. The molecule has 1 atom stereocenters. The third kappa shape index (κ3) is 2.86. The topological polar surface area (TPSA) is 64.3 Å². The molecule has 3 rings (SSSR count). The molecule has 0 amide bonds. The third-order valence-electron chi connectivity index (χ3n) is 3.41. The van der Waals surface area contributed by atoms with Crippen LogP contribution < -0.4 is 0 Å². The van der Waals surface area contributed by atoms with Gasteiger partial charge in [-0.25, -0.2) is 0 Å². The zero-order valence-corrected chi connectivity index (χ0v) is 11.7. The largest absolute Gasteiger partial charge is 0.378 e. The minimum atomic E-state index is 0.00746. The number of pyridine rings is 1. The van der Waals surface area contributed by atoms with E-state index in [1.165, 1.54) is 5.56 Å². The molecule has 0 unspecified atom stereocenters. The second kappa shape index (κ2) is 5.68. The Hall–Kier alpha value is -1.79. The summed E-state index contributed by atoms with van der Waals surface area (Å²) in [7, 11) is 0. The molecule has 0 aliphatic carbocycles. The van der Waals surface area contributed by atoms with E-state index in [2.05, 4.69) is 32.2 Å². The predicted octanol–water partition coefficient (Wildman–Crippen LogP) is 1.65. The SMILES string of the molecule is Cc1ccc(CN2CCOC[C@H]2c2nc(C)no2)nc1. The van der Waals surface area contributed by atoms with Crippen LogP contribution in [-0.2, 0) is 11.3 Å². The van der Waals surface area contributed by atoms with Gasteiger partial charge in [-0.2, -0.15) is 4.98 Å². The van der Waals surface area contributed by atoms with Crippen LogP contribution in [0.25, 0.3) is 0 Å². The summed E-state index contributed by atoms with van der Waals surface area (Å²) in [6.45, 7) is 6.75. The van der Waals surface area contributed by atoms with E-state index >= 15 is 0 Å². The van der Waals surface area contributed by atoms with E-state index < -0.39 is 0 Å². The van der Waals surface area contributed by atoms with Gasteiger partial charge >= 0.3 is 0 Å². The van der Waals surface area contributed by atoms with E-state index in [0.717, 1.165) is 25.4 Å². The van der Waals surface area contributed by atoms with Crippen LogP contribution in [0.5, 0.6) is 0 Å². The maximum atomic E-state index is 5.54. The summed E-state index contributed by atoms with van der Waals surface area (Å²) in [5, 5.41) is 3.86. The fraction of sp³-hybridized carbons (Fsp3) is 0.500. The van der Waals surface area contributed by atoms with E-state index in [0.29, 0.717) is 18.3 Å². The second-order valence-corrected chi connectivity index (χ2v) is 5.07. The lowest BCUT2D eigenvalue weighted by molar-refractivity contribution is -0.0246. The maximum absolute atomic E-state index is 5.54. The Kier molecular flexibility index (Phi) is 3.75. The van der Waals surface area contributed by atoms with Crippen molar-refractivity contribution in [1.29, 1.82) is 0 Å². The molecule has 1 aliphatic heterocycles. The molecule has 0 saturated carbocycles. The predicted molar refractivity (Wildman–Crippen MR) is 72.0 cm³/mol. The molecule has 2 aromatic rings. The van der Waals surface area contributed by atoms with E-state index in [-0.39, 0.29) is 6.04 Å². The van der Waals surface area contributed by atoms with Gasteiger partial charge in [0.25, 0.3) is 0 Å². The Balaban J connectivity index is 1.77.